The Morgan fingerprint density at radius 3 is 2.71 bits per heavy atom. The topological polar surface area (TPSA) is 106 Å². The molecular formula is C15H18N2O5S2. The molecule has 0 saturated carbocycles. The van der Waals surface area contributed by atoms with E-state index in [0.29, 0.717) is 16.4 Å². The lowest BCUT2D eigenvalue weighted by molar-refractivity contribution is -0.114. The molecule has 2 aromatic rings. The van der Waals surface area contributed by atoms with Crippen molar-refractivity contribution in [3.8, 4) is 16.2 Å². The van der Waals surface area contributed by atoms with Crippen LogP contribution < -0.4 is 10.1 Å². The van der Waals surface area contributed by atoms with Crippen LogP contribution in [0.25, 0.3) is 10.4 Å². The molecule has 0 aliphatic heterocycles. The number of aryl methyl sites for hydroxylation is 1. The van der Waals surface area contributed by atoms with E-state index in [1.54, 1.807) is 19.1 Å². The number of nitrogens with zero attached hydrogens (tertiary/aromatic N) is 1. The molecule has 2 N–H and O–H groups in total. The van der Waals surface area contributed by atoms with E-state index in [-0.39, 0.29) is 22.3 Å². The number of amides is 1. The lowest BCUT2D eigenvalue weighted by Crippen LogP contribution is -2.11. The zero-order valence-electron chi connectivity index (χ0n) is 13.5. The third-order valence-electron chi connectivity index (χ3n) is 3.20. The number of ether oxygens (including phenoxy) is 1. The van der Waals surface area contributed by atoms with Gasteiger partial charge in [0.1, 0.15) is 10.6 Å². The molecule has 0 atom stereocenters. The summed E-state index contributed by atoms with van der Waals surface area (Å²) in [7, 11) is -2.28. The highest BCUT2D eigenvalue weighted by Crippen LogP contribution is 2.36. The molecule has 1 aromatic carbocycles. The summed E-state index contributed by atoms with van der Waals surface area (Å²) in [6, 6.07) is 4.80. The van der Waals surface area contributed by atoms with Crippen LogP contribution in [0.5, 0.6) is 5.75 Å². The highest BCUT2D eigenvalue weighted by molar-refractivity contribution is 7.91. The number of nitrogens with one attached hydrogen (secondary N) is 1. The number of methoxy groups -OCH3 is 1. The molecule has 0 fully saturated rings. The van der Waals surface area contributed by atoms with E-state index in [0.717, 1.165) is 4.88 Å². The van der Waals surface area contributed by atoms with Gasteiger partial charge in [-0.3, -0.25) is 4.79 Å². The van der Waals surface area contributed by atoms with Crippen LogP contribution in [0.3, 0.4) is 0 Å². The van der Waals surface area contributed by atoms with Crippen LogP contribution in [0.4, 0.5) is 5.13 Å². The molecule has 0 saturated heterocycles. The van der Waals surface area contributed by atoms with Crippen LogP contribution in [0, 0.1) is 6.92 Å². The predicted octanol–water partition coefficient (Wildman–Crippen LogP) is 1.85. The smallest absolute Gasteiger partial charge is 0.223 e. The van der Waals surface area contributed by atoms with Crippen LogP contribution in [-0.2, 0) is 14.6 Å². The number of carbonyl (C=O) groups is 1. The van der Waals surface area contributed by atoms with E-state index < -0.39 is 16.4 Å². The molecule has 1 aromatic heterocycles. The summed E-state index contributed by atoms with van der Waals surface area (Å²) >= 11 is 1.26. The van der Waals surface area contributed by atoms with E-state index in [2.05, 4.69) is 10.3 Å². The minimum atomic E-state index is -3.67. The van der Waals surface area contributed by atoms with Gasteiger partial charge in [-0.1, -0.05) is 11.3 Å². The summed E-state index contributed by atoms with van der Waals surface area (Å²) in [6.45, 7) is 2.70. The van der Waals surface area contributed by atoms with Gasteiger partial charge in [0.05, 0.1) is 30.0 Å². The van der Waals surface area contributed by atoms with Gasteiger partial charge < -0.3 is 15.2 Å². The third-order valence-corrected chi connectivity index (χ3v) is 6.03. The Morgan fingerprint density at radius 1 is 1.42 bits per heavy atom. The number of rotatable bonds is 6. The predicted molar refractivity (Wildman–Crippen MR) is 92.3 cm³/mol. The maximum Gasteiger partial charge on any atom is 0.223 e. The van der Waals surface area contributed by atoms with Gasteiger partial charge >= 0.3 is 0 Å². The fourth-order valence-electron chi connectivity index (χ4n) is 2.16. The zero-order chi connectivity index (χ0) is 17.9. The number of sulfone groups is 1. The molecule has 1 amide bonds. The lowest BCUT2D eigenvalue weighted by atomic mass is 10.1. The van der Waals surface area contributed by atoms with Crippen molar-refractivity contribution in [2.75, 3.05) is 24.8 Å². The number of aliphatic hydroxyl groups is 1. The van der Waals surface area contributed by atoms with Crippen LogP contribution in [-0.4, -0.2) is 43.9 Å². The quantitative estimate of drug-likeness (QED) is 0.804. The average molecular weight is 370 g/mol. The fraction of sp³-hybridized carbons (Fsp3) is 0.333. The van der Waals surface area contributed by atoms with Gasteiger partial charge in [0, 0.05) is 6.92 Å². The van der Waals surface area contributed by atoms with Gasteiger partial charge in [0.2, 0.25) is 5.91 Å². The monoisotopic (exact) mass is 370 g/mol. The summed E-state index contributed by atoms with van der Waals surface area (Å²) in [5.41, 5.74) is 1.33. The zero-order valence-corrected chi connectivity index (χ0v) is 15.1. The van der Waals surface area contributed by atoms with E-state index in [1.807, 2.05) is 0 Å². The van der Waals surface area contributed by atoms with Crippen LogP contribution in [0.1, 0.15) is 12.6 Å². The first kappa shape index (κ1) is 18.4. The molecule has 9 heteroatoms. The molecule has 0 aliphatic rings. The standard InChI is InChI=1S/C15H18N2O5S2/c1-9-14(23-15(16-9)17-10(2)19)11-4-5-12(22-3)13(8-11)24(20,21)7-6-18/h4-5,8,18H,6-7H2,1-3H3,(H,16,17,19). The Bertz CT molecular complexity index is 859. The molecule has 0 bridgehead atoms. The molecule has 0 unspecified atom stereocenters. The van der Waals surface area contributed by atoms with Crippen molar-refractivity contribution in [3.63, 3.8) is 0 Å². The Labute approximate surface area is 144 Å². The number of aliphatic hydroxyl groups excluding tert-OH is 1. The Kier molecular flexibility index (Phi) is 5.58. The molecule has 0 aliphatic carbocycles. The molecule has 0 spiro atoms. The molecule has 2 rings (SSSR count). The maximum absolute atomic E-state index is 12.3. The number of hydrogen-bond acceptors (Lipinski definition) is 7. The SMILES string of the molecule is COc1ccc(-c2sc(NC(C)=O)nc2C)cc1S(=O)(=O)CCO. The van der Waals surface area contributed by atoms with E-state index >= 15 is 0 Å². The highest BCUT2D eigenvalue weighted by atomic mass is 32.2. The fourth-order valence-corrected chi connectivity index (χ4v) is 4.39. The summed E-state index contributed by atoms with van der Waals surface area (Å²) in [5.74, 6) is -0.390. The summed E-state index contributed by atoms with van der Waals surface area (Å²) in [6.07, 6.45) is 0. The van der Waals surface area contributed by atoms with Crippen LogP contribution in [0.2, 0.25) is 0 Å². The van der Waals surface area contributed by atoms with Gasteiger partial charge in [-0.15, -0.1) is 0 Å². The maximum atomic E-state index is 12.3. The van der Waals surface area contributed by atoms with Crippen molar-refractivity contribution in [1.29, 1.82) is 0 Å². The number of aromatic nitrogens is 1. The van der Waals surface area contributed by atoms with Crippen molar-refractivity contribution in [1.82, 2.24) is 4.98 Å². The number of benzene rings is 1. The molecule has 7 nitrogen and oxygen atoms in total. The van der Waals surface area contributed by atoms with Crippen molar-refractivity contribution in [3.05, 3.63) is 23.9 Å². The normalized spacial score (nSPS) is 11.3. The third kappa shape index (κ3) is 3.92. The molecule has 130 valence electrons. The first-order valence-corrected chi connectivity index (χ1v) is 9.52. The molecule has 24 heavy (non-hydrogen) atoms. The summed E-state index contributed by atoms with van der Waals surface area (Å²) < 4.78 is 29.8. The number of hydrogen-bond donors (Lipinski definition) is 2. The van der Waals surface area contributed by atoms with Gasteiger partial charge in [0.15, 0.2) is 15.0 Å². The Morgan fingerprint density at radius 2 is 2.12 bits per heavy atom. The van der Waals surface area contributed by atoms with Crippen LogP contribution >= 0.6 is 11.3 Å². The second kappa shape index (κ2) is 7.29. The Hall–Kier alpha value is -1.97. The largest absolute Gasteiger partial charge is 0.495 e. The highest BCUT2D eigenvalue weighted by Gasteiger charge is 2.21. The van der Waals surface area contributed by atoms with E-state index in [9.17, 15) is 13.2 Å². The minimum absolute atomic E-state index is 0.0189. The van der Waals surface area contributed by atoms with E-state index in [4.69, 9.17) is 9.84 Å². The van der Waals surface area contributed by atoms with Crippen molar-refractivity contribution < 1.29 is 23.1 Å². The van der Waals surface area contributed by atoms with Crippen molar-refractivity contribution >= 4 is 32.2 Å². The minimum Gasteiger partial charge on any atom is -0.495 e. The second-order valence-electron chi connectivity index (χ2n) is 5.02. The Balaban J connectivity index is 2.53. The summed E-state index contributed by atoms with van der Waals surface area (Å²) in [5, 5.41) is 12.0. The van der Waals surface area contributed by atoms with Gasteiger partial charge in [0.25, 0.3) is 0 Å². The first-order valence-electron chi connectivity index (χ1n) is 7.05. The summed E-state index contributed by atoms with van der Waals surface area (Å²) in [4.78, 5) is 16.2. The second-order valence-corrected chi connectivity index (χ2v) is 8.10. The molecule has 1 heterocycles. The van der Waals surface area contributed by atoms with Gasteiger partial charge in [-0.2, -0.15) is 0 Å². The molecular weight excluding hydrogens is 352 g/mol. The van der Waals surface area contributed by atoms with Crippen LogP contribution in [0.15, 0.2) is 23.1 Å². The first-order chi connectivity index (χ1) is 11.3. The number of thiazole rings is 1. The average Bonchev–Trinajstić information content (AvgIpc) is 2.86. The lowest BCUT2D eigenvalue weighted by Gasteiger charge is -2.10. The molecule has 0 radical (unpaired) electrons. The number of carbonyl (C=O) groups excluding carboxylic acids is 1. The van der Waals surface area contributed by atoms with Crippen molar-refractivity contribution in [2.45, 2.75) is 18.7 Å². The van der Waals surface area contributed by atoms with Gasteiger partial charge in [-0.25, -0.2) is 13.4 Å². The number of anilines is 1. The van der Waals surface area contributed by atoms with Gasteiger partial charge in [-0.05, 0) is 30.7 Å². The van der Waals surface area contributed by atoms with E-state index in [1.165, 1.54) is 31.4 Å². The van der Waals surface area contributed by atoms with Crippen molar-refractivity contribution in [2.24, 2.45) is 0 Å².